The summed E-state index contributed by atoms with van der Waals surface area (Å²) in [5.74, 6) is 0.604. The highest BCUT2D eigenvalue weighted by Gasteiger charge is 2.29. The molecule has 3 unspecified atom stereocenters. The SMILES string of the molecule is CCNC(c1ccc(CC)cc1)C1COC(C)C1. The van der Waals surface area contributed by atoms with Crippen LogP contribution in [0, 0.1) is 5.92 Å². The van der Waals surface area contributed by atoms with Gasteiger partial charge in [-0.3, -0.25) is 0 Å². The first-order valence-corrected chi connectivity index (χ1v) is 7.18. The highest BCUT2D eigenvalue weighted by atomic mass is 16.5. The van der Waals surface area contributed by atoms with Crippen molar-refractivity contribution in [3.63, 3.8) is 0 Å². The van der Waals surface area contributed by atoms with Crippen molar-refractivity contribution in [3.05, 3.63) is 35.4 Å². The van der Waals surface area contributed by atoms with E-state index in [2.05, 4.69) is 50.4 Å². The molecule has 2 nitrogen and oxygen atoms in total. The molecule has 1 fully saturated rings. The van der Waals surface area contributed by atoms with Gasteiger partial charge in [0, 0.05) is 12.0 Å². The Bertz CT molecular complexity index is 360. The fraction of sp³-hybridized carbons (Fsp3) is 0.625. The summed E-state index contributed by atoms with van der Waals surface area (Å²) in [7, 11) is 0. The summed E-state index contributed by atoms with van der Waals surface area (Å²) >= 11 is 0. The zero-order chi connectivity index (χ0) is 13.0. The highest BCUT2D eigenvalue weighted by molar-refractivity contribution is 5.25. The van der Waals surface area contributed by atoms with Crippen LogP contribution in [0.15, 0.2) is 24.3 Å². The van der Waals surface area contributed by atoms with Crippen LogP contribution >= 0.6 is 0 Å². The lowest BCUT2D eigenvalue weighted by atomic mass is 9.90. The Morgan fingerprint density at radius 2 is 2.00 bits per heavy atom. The normalized spacial score (nSPS) is 25.3. The van der Waals surface area contributed by atoms with E-state index in [1.165, 1.54) is 11.1 Å². The van der Waals surface area contributed by atoms with Crippen molar-refractivity contribution >= 4 is 0 Å². The molecule has 0 aromatic heterocycles. The fourth-order valence-corrected chi connectivity index (χ4v) is 2.82. The van der Waals surface area contributed by atoms with Gasteiger partial charge in [0.1, 0.15) is 0 Å². The molecule has 1 aliphatic heterocycles. The maximum atomic E-state index is 5.72. The lowest BCUT2D eigenvalue weighted by molar-refractivity contribution is 0.117. The lowest BCUT2D eigenvalue weighted by Gasteiger charge is -2.24. The Hall–Kier alpha value is -0.860. The molecule has 0 bridgehead atoms. The Labute approximate surface area is 111 Å². The average Bonchev–Trinajstić information content (AvgIpc) is 2.82. The Kier molecular flexibility index (Phi) is 4.79. The number of nitrogens with one attached hydrogen (secondary N) is 1. The number of aryl methyl sites for hydroxylation is 1. The van der Waals surface area contributed by atoms with Gasteiger partial charge in [0.05, 0.1) is 12.7 Å². The fourth-order valence-electron chi connectivity index (χ4n) is 2.82. The van der Waals surface area contributed by atoms with Gasteiger partial charge >= 0.3 is 0 Å². The van der Waals surface area contributed by atoms with Crippen LogP contribution in [0.4, 0.5) is 0 Å². The molecule has 1 aromatic carbocycles. The van der Waals surface area contributed by atoms with Crippen LogP contribution in [0.5, 0.6) is 0 Å². The molecule has 18 heavy (non-hydrogen) atoms. The van der Waals surface area contributed by atoms with Crippen LogP contribution < -0.4 is 5.32 Å². The van der Waals surface area contributed by atoms with E-state index in [-0.39, 0.29) is 0 Å². The van der Waals surface area contributed by atoms with E-state index in [0.717, 1.165) is 26.0 Å². The molecule has 100 valence electrons. The van der Waals surface area contributed by atoms with Gasteiger partial charge in [-0.05, 0) is 37.4 Å². The molecule has 0 spiro atoms. The first-order valence-electron chi connectivity index (χ1n) is 7.18. The molecule has 2 rings (SSSR count). The van der Waals surface area contributed by atoms with E-state index in [9.17, 15) is 0 Å². The van der Waals surface area contributed by atoms with Gasteiger partial charge in [-0.15, -0.1) is 0 Å². The minimum absolute atomic E-state index is 0.408. The summed E-state index contributed by atoms with van der Waals surface area (Å²) in [4.78, 5) is 0. The molecule has 0 aliphatic carbocycles. The van der Waals surface area contributed by atoms with E-state index >= 15 is 0 Å². The third kappa shape index (κ3) is 3.12. The Balaban J connectivity index is 2.12. The van der Waals surface area contributed by atoms with Crippen molar-refractivity contribution in [2.45, 2.75) is 45.8 Å². The second-order valence-corrected chi connectivity index (χ2v) is 5.27. The van der Waals surface area contributed by atoms with Crippen LogP contribution in [0.1, 0.15) is 44.4 Å². The van der Waals surface area contributed by atoms with Crippen molar-refractivity contribution in [3.8, 4) is 0 Å². The van der Waals surface area contributed by atoms with E-state index < -0.39 is 0 Å². The van der Waals surface area contributed by atoms with Crippen molar-refractivity contribution in [1.82, 2.24) is 5.32 Å². The molecule has 1 aromatic rings. The van der Waals surface area contributed by atoms with Crippen molar-refractivity contribution in [2.75, 3.05) is 13.2 Å². The van der Waals surface area contributed by atoms with Gasteiger partial charge in [0.15, 0.2) is 0 Å². The number of ether oxygens (including phenoxy) is 1. The highest BCUT2D eigenvalue weighted by Crippen LogP contribution is 2.31. The number of hydrogen-bond donors (Lipinski definition) is 1. The van der Waals surface area contributed by atoms with Gasteiger partial charge in [-0.2, -0.15) is 0 Å². The largest absolute Gasteiger partial charge is 0.378 e. The molecule has 0 saturated carbocycles. The molecule has 1 aliphatic rings. The zero-order valence-corrected chi connectivity index (χ0v) is 11.8. The summed E-state index contributed by atoms with van der Waals surface area (Å²) in [5, 5.41) is 3.62. The molecule has 3 atom stereocenters. The molecule has 0 radical (unpaired) electrons. The maximum Gasteiger partial charge on any atom is 0.0551 e. The molecule has 0 amide bonds. The van der Waals surface area contributed by atoms with E-state index in [0.29, 0.717) is 18.1 Å². The average molecular weight is 247 g/mol. The Morgan fingerprint density at radius 1 is 1.28 bits per heavy atom. The first-order chi connectivity index (χ1) is 8.74. The molecular weight excluding hydrogens is 222 g/mol. The van der Waals surface area contributed by atoms with E-state index in [4.69, 9.17) is 4.74 Å². The second kappa shape index (κ2) is 6.35. The molecule has 1 heterocycles. The van der Waals surface area contributed by atoms with Gasteiger partial charge in [-0.1, -0.05) is 38.1 Å². The van der Waals surface area contributed by atoms with Crippen molar-refractivity contribution in [1.29, 1.82) is 0 Å². The zero-order valence-electron chi connectivity index (χ0n) is 11.8. The van der Waals surface area contributed by atoms with Crippen molar-refractivity contribution < 1.29 is 4.74 Å². The smallest absolute Gasteiger partial charge is 0.0551 e. The Morgan fingerprint density at radius 3 is 2.50 bits per heavy atom. The topological polar surface area (TPSA) is 21.3 Å². The third-order valence-corrected chi connectivity index (χ3v) is 3.87. The van der Waals surface area contributed by atoms with Crippen LogP contribution in [0.3, 0.4) is 0 Å². The minimum atomic E-state index is 0.408. The summed E-state index contributed by atoms with van der Waals surface area (Å²) in [5.41, 5.74) is 2.81. The number of rotatable bonds is 5. The predicted octanol–water partition coefficient (Wildman–Crippen LogP) is 3.32. The summed E-state index contributed by atoms with van der Waals surface area (Å²) in [6.45, 7) is 8.43. The first kappa shape index (κ1) is 13.6. The monoisotopic (exact) mass is 247 g/mol. The second-order valence-electron chi connectivity index (χ2n) is 5.27. The van der Waals surface area contributed by atoms with Gasteiger partial charge < -0.3 is 10.1 Å². The number of benzene rings is 1. The van der Waals surface area contributed by atoms with Crippen LogP contribution in [0.2, 0.25) is 0 Å². The molecular formula is C16H25NO. The van der Waals surface area contributed by atoms with E-state index in [1.807, 2.05) is 0 Å². The lowest BCUT2D eigenvalue weighted by Crippen LogP contribution is -2.28. The summed E-state index contributed by atoms with van der Waals surface area (Å²) in [6, 6.07) is 9.48. The summed E-state index contributed by atoms with van der Waals surface area (Å²) < 4.78 is 5.72. The van der Waals surface area contributed by atoms with Gasteiger partial charge in [-0.25, -0.2) is 0 Å². The van der Waals surface area contributed by atoms with E-state index in [1.54, 1.807) is 0 Å². The van der Waals surface area contributed by atoms with Gasteiger partial charge in [0.2, 0.25) is 0 Å². The minimum Gasteiger partial charge on any atom is -0.378 e. The molecule has 1 saturated heterocycles. The number of hydrogen-bond acceptors (Lipinski definition) is 2. The van der Waals surface area contributed by atoms with Gasteiger partial charge in [0.25, 0.3) is 0 Å². The molecule has 1 N–H and O–H groups in total. The van der Waals surface area contributed by atoms with Crippen LogP contribution in [0.25, 0.3) is 0 Å². The predicted molar refractivity (Wildman–Crippen MR) is 75.8 cm³/mol. The quantitative estimate of drug-likeness (QED) is 0.862. The molecule has 2 heteroatoms. The standard InChI is InChI=1S/C16H25NO/c1-4-13-6-8-14(9-7-13)16(17-5-2)15-10-12(3)18-11-15/h6-9,12,15-17H,4-5,10-11H2,1-3H3. The third-order valence-electron chi connectivity index (χ3n) is 3.87. The van der Waals surface area contributed by atoms with Crippen molar-refractivity contribution in [2.24, 2.45) is 5.92 Å². The summed E-state index contributed by atoms with van der Waals surface area (Å²) in [6.07, 6.45) is 2.68. The van der Waals surface area contributed by atoms with Crippen LogP contribution in [-0.2, 0) is 11.2 Å². The maximum absolute atomic E-state index is 5.72. The van der Waals surface area contributed by atoms with Crippen LogP contribution in [-0.4, -0.2) is 19.3 Å².